The van der Waals surface area contributed by atoms with E-state index >= 15 is 0 Å². The summed E-state index contributed by atoms with van der Waals surface area (Å²) < 4.78 is 17.2. The normalized spacial score (nSPS) is 12.4. The van der Waals surface area contributed by atoms with Crippen LogP contribution in [0.5, 0.6) is 5.75 Å². The van der Waals surface area contributed by atoms with Crippen molar-refractivity contribution in [1.82, 2.24) is 4.98 Å². The first-order chi connectivity index (χ1) is 14.4. The number of oxazole rings is 1. The van der Waals surface area contributed by atoms with Gasteiger partial charge in [0.15, 0.2) is 12.0 Å². The van der Waals surface area contributed by atoms with Gasteiger partial charge in [0, 0.05) is 30.8 Å². The summed E-state index contributed by atoms with van der Waals surface area (Å²) in [5.41, 5.74) is 1.84. The van der Waals surface area contributed by atoms with Gasteiger partial charge in [-0.05, 0) is 30.9 Å². The largest absolute Gasteiger partial charge is 0.493 e. The van der Waals surface area contributed by atoms with Gasteiger partial charge in [-0.15, -0.1) is 0 Å². The maximum atomic E-state index is 11.5. The second-order valence-electron chi connectivity index (χ2n) is 7.56. The number of aryl methyl sites for hydroxylation is 1. The molecular weight excluding hydrogens is 382 g/mol. The van der Waals surface area contributed by atoms with Crippen LogP contribution in [0.4, 0.5) is 0 Å². The van der Waals surface area contributed by atoms with E-state index in [1.807, 2.05) is 43.3 Å². The van der Waals surface area contributed by atoms with Gasteiger partial charge in [0.1, 0.15) is 11.5 Å². The Hall–Kier alpha value is -2.86. The van der Waals surface area contributed by atoms with Gasteiger partial charge in [-0.3, -0.25) is 0 Å². The van der Waals surface area contributed by atoms with E-state index < -0.39 is 12.1 Å². The smallest absolute Gasteiger partial charge is 0.333 e. The third-order valence-corrected chi connectivity index (χ3v) is 5.02. The maximum absolute atomic E-state index is 11.5. The molecule has 3 rings (SSSR count). The summed E-state index contributed by atoms with van der Waals surface area (Å²) in [6.45, 7) is 8.67. The minimum Gasteiger partial charge on any atom is -0.493 e. The first-order valence-electron chi connectivity index (χ1n) is 10.3. The molecule has 2 aromatic carbocycles. The molecule has 1 unspecified atom stereocenters. The molecule has 0 fully saturated rings. The van der Waals surface area contributed by atoms with Gasteiger partial charge in [0.25, 0.3) is 0 Å². The highest BCUT2D eigenvalue weighted by molar-refractivity contribution is 5.91. The molecule has 0 aliphatic heterocycles. The minimum absolute atomic E-state index is 0.251. The number of benzene rings is 2. The maximum Gasteiger partial charge on any atom is 0.333 e. The molecule has 0 amide bonds. The van der Waals surface area contributed by atoms with Crippen molar-refractivity contribution < 1.29 is 23.8 Å². The number of fused-ring (bicyclic) bond motifs is 1. The van der Waals surface area contributed by atoms with Crippen LogP contribution in [0.3, 0.4) is 0 Å². The van der Waals surface area contributed by atoms with Crippen LogP contribution in [0.25, 0.3) is 10.8 Å². The quantitative estimate of drug-likeness (QED) is 0.510. The Labute approximate surface area is 176 Å². The monoisotopic (exact) mass is 411 g/mol. The predicted molar refractivity (Wildman–Crippen MR) is 115 cm³/mol. The number of carbonyl (C=O) groups is 1. The minimum atomic E-state index is -0.954. The SMILES string of the molecule is CCOC(Cc1ccc(OCCc2nc(C(C)C)oc2C)c2ccccc12)C(=O)O. The van der Waals surface area contributed by atoms with Crippen molar-refractivity contribution in [2.24, 2.45) is 0 Å². The van der Waals surface area contributed by atoms with Gasteiger partial charge in [-0.25, -0.2) is 9.78 Å². The number of carboxylic acids is 1. The lowest BCUT2D eigenvalue weighted by Gasteiger charge is -2.16. The molecule has 0 radical (unpaired) electrons. The van der Waals surface area contributed by atoms with Crippen molar-refractivity contribution >= 4 is 16.7 Å². The van der Waals surface area contributed by atoms with Crippen molar-refractivity contribution in [3.8, 4) is 5.75 Å². The number of aromatic nitrogens is 1. The second kappa shape index (κ2) is 9.76. The van der Waals surface area contributed by atoms with Gasteiger partial charge in [-0.1, -0.05) is 44.2 Å². The van der Waals surface area contributed by atoms with Crippen LogP contribution in [0, 0.1) is 6.92 Å². The van der Waals surface area contributed by atoms with Gasteiger partial charge < -0.3 is 19.0 Å². The van der Waals surface area contributed by atoms with Crippen LogP contribution < -0.4 is 4.74 Å². The highest BCUT2D eigenvalue weighted by Gasteiger charge is 2.20. The second-order valence-corrected chi connectivity index (χ2v) is 7.56. The first kappa shape index (κ1) is 21.8. The number of rotatable bonds is 10. The Balaban J connectivity index is 1.77. The molecule has 0 bridgehead atoms. The van der Waals surface area contributed by atoms with E-state index in [1.54, 1.807) is 6.92 Å². The van der Waals surface area contributed by atoms with Crippen LogP contribution in [0.15, 0.2) is 40.8 Å². The Kier molecular flexibility index (Phi) is 7.11. The average Bonchev–Trinajstić information content (AvgIpc) is 3.10. The number of aliphatic carboxylic acids is 1. The van der Waals surface area contributed by atoms with E-state index in [9.17, 15) is 9.90 Å². The molecule has 6 nitrogen and oxygen atoms in total. The van der Waals surface area contributed by atoms with E-state index in [1.165, 1.54) is 0 Å². The lowest BCUT2D eigenvalue weighted by atomic mass is 9.99. The molecule has 3 aromatic rings. The standard InChI is InChI=1S/C24H29NO5/c1-5-28-22(24(26)27)14-17-10-11-21(19-9-7-6-8-18(17)19)29-13-12-20-16(4)30-23(25-20)15(2)3/h6-11,15,22H,5,12-14H2,1-4H3,(H,26,27). The topological polar surface area (TPSA) is 81.8 Å². The molecule has 1 aromatic heterocycles. The number of ether oxygens (including phenoxy) is 2. The van der Waals surface area contributed by atoms with Gasteiger partial charge in [-0.2, -0.15) is 0 Å². The fourth-order valence-corrected chi connectivity index (χ4v) is 3.44. The van der Waals surface area contributed by atoms with Crippen molar-refractivity contribution in [1.29, 1.82) is 0 Å². The molecule has 0 aliphatic carbocycles. The predicted octanol–water partition coefficient (Wildman–Crippen LogP) is 4.91. The van der Waals surface area contributed by atoms with Crippen LogP contribution in [-0.4, -0.2) is 35.4 Å². The lowest BCUT2D eigenvalue weighted by molar-refractivity contribution is -0.149. The molecule has 6 heteroatoms. The summed E-state index contributed by atoms with van der Waals surface area (Å²) >= 11 is 0. The number of hydrogen-bond acceptors (Lipinski definition) is 5. The van der Waals surface area contributed by atoms with Gasteiger partial charge in [0.05, 0.1) is 12.3 Å². The molecule has 0 saturated carbocycles. The van der Waals surface area contributed by atoms with Crippen molar-refractivity contribution in [2.75, 3.05) is 13.2 Å². The van der Waals surface area contributed by atoms with Crippen LogP contribution in [0.2, 0.25) is 0 Å². The lowest BCUT2D eigenvalue weighted by Crippen LogP contribution is -2.26. The van der Waals surface area contributed by atoms with E-state index in [4.69, 9.17) is 13.9 Å². The third-order valence-electron chi connectivity index (χ3n) is 5.02. The van der Waals surface area contributed by atoms with E-state index in [0.717, 1.165) is 39.4 Å². The van der Waals surface area contributed by atoms with E-state index in [-0.39, 0.29) is 5.92 Å². The number of hydrogen-bond donors (Lipinski definition) is 1. The van der Waals surface area contributed by atoms with Gasteiger partial charge in [0.2, 0.25) is 0 Å². The highest BCUT2D eigenvalue weighted by Crippen LogP contribution is 2.30. The molecule has 1 atom stereocenters. The zero-order chi connectivity index (χ0) is 21.7. The Morgan fingerprint density at radius 3 is 2.53 bits per heavy atom. The number of carboxylic acid groups (broad SMARTS) is 1. The van der Waals surface area contributed by atoms with Crippen molar-refractivity contribution in [3.05, 3.63) is 59.3 Å². The molecular formula is C24H29NO5. The van der Waals surface area contributed by atoms with E-state index in [0.29, 0.717) is 26.1 Å². The fourth-order valence-electron chi connectivity index (χ4n) is 3.44. The van der Waals surface area contributed by atoms with E-state index in [2.05, 4.69) is 18.8 Å². The zero-order valence-corrected chi connectivity index (χ0v) is 18.0. The summed E-state index contributed by atoms with van der Waals surface area (Å²) in [7, 11) is 0. The molecule has 1 heterocycles. The Morgan fingerprint density at radius 1 is 1.17 bits per heavy atom. The zero-order valence-electron chi connectivity index (χ0n) is 18.0. The third kappa shape index (κ3) is 5.00. The molecule has 0 aliphatic rings. The summed E-state index contributed by atoms with van der Waals surface area (Å²) in [6, 6.07) is 11.7. The average molecular weight is 411 g/mol. The molecule has 30 heavy (non-hydrogen) atoms. The highest BCUT2D eigenvalue weighted by atomic mass is 16.5. The van der Waals surface area contributed by atoms with Crippen LogP contribution >= 0.6 is 0 Å². The first-order valence-corrected chi connectivity index (χ1v) is 10.3. The Bertz CT molecular complexity index is 1010. The Morgan fingerprint density at radius 2 is 1.90 bits per heavy atom. The van der Waals surface area contributed by atoms with Crippen molar-refractivity contribution in [2.45, 2.75) is 52.6 Å². The fraction of sp³-hybridized carbons (Fsp3) is 0.417. The van der Waals surface area contributed by atoms with Crippen molar-refractivity contribution in [3.63, 3.8) is 0 Å². The summed E-state index contributed by atoms with van der Waals surface area (Å²) in [5.74, 6) is 1.65. The van der Waals surface area contributed by atoms with Gasteiger partial charge >= 0.3 is 5.97 Å². The van der Waals surface area contributed by atoms with Crippen LogP contribution in [-0.2, 0) is 22.4 Å². The van der Waals surface area contributed by atoms with Crippen LogP contribution in [0.1, 0.15) is 49.6 Å². The number of nitrogens with zero attached hydrogens (tertiary/aromatic N) is 1. The molecule has 160 valence electrons. The molecule has 0 saturated heterocycles. The summed E-state index contributed by atoms with van der Waals surface area (Å²) in [6.07, 6.45) is 0.0966. The molecule has 1 N–H and O–H groups in total. The summed E-state index contributed by atoms with van der Waals surface area (Å²) in [4.78, 5) is 16.0. The summed E-state index contributed by atoms with van der Waals surface area (Å²) in [5, 5.41) is 11.3. The molecule has 0 spiro atoms.